The number of rotatable bonds is 5. The molecule has 3 aliphatic rings. The lowest BCUT2D eigenvalue weighted by atomic mass is 9.95. The average Bonchev–Trinajstić information content (AvgIpc) is 3.61. The Labute approximate surface area is 222 Å². The summed E-state index contributed by atoms with van der Waals surface area (Å²) in [6.07, 6.45) is 10.5. The Hall–Kier alpha value is -3.50. The van der Waals surface area contributed by atoms with Crippen molar-refractivity contribution in [2.75, 3.05) is 29.6 Å². The third kappa shape index (κ3) is 4.03. The number of sulfonamides is 1. The minimum Gasteiger partial charge on any atom is -0.365 e. The van der Waals surface area contributed by atoms with Gasteiger partial charge in [-0.3, -0.25) is 0 Å². The third-order valence-electron chi connectivity index (χ3n) is 8.28. The number of anilines is 3. The van der Waals surface area contributed by atoms with Gasteiger partial charge in [0, 0.05) is 65.6 Å². The van der Waals surface area contributed by atoms with Crippen molar-refractivity contribution in [1.82, 2.24) is 24.2 Å². The van der Waals surface area contributed by atoms with Crippen molar-refractivity contribution in [3.8, 4) is 11.3 Å². The van der Waals surface area contributed by atoms with Crippen LogP contribution >= 0.6 is 0 Å². The fourth-order valence-corrected chi connectivity index (χ4v) is 7.65. The summed E-state index contributed by atoms with van der Waals surface area (Å²) >= 11 is 0. The number of nitrogens with one attached hydrogen (secondary N) is 2. The van der Waals surface area contributed by atoms with Crippen LogP contribution in [-0.4, -0.2) is 64.1 Å². The molecule has 0 radical (unpaired) electrons. The van der Waals surface area contributed by atoms with Crippen molar-refractivity contribution in [3.05, 3.63) is 59.5 Å². The summed E-state index contributed by atoms with van der Waals surface area (Å²) in [7, 11) is -3.15. The minimum absolute atomic E-state index is 0.0637. The Morgan fingerprint density at radius 2 is 1.92 bits per heavy atom. The number of fused-ring (bicyclic) bond motifs is 5. The summed E-state index contributed by atoms with van der Waals surface area (Å²) in [5.41, 5.74) is 8.70. The first-order valence-electron chi connectivity index (χ1n) is 13.3. The van der Waals surface area contributed by atoms with Crippen molar-refractivity contribution in [2.45, 2.75) is 51.1 Å². The van der Waals surface area contributed by atoms with Crippen LogP contribution in [0.2, 0.25) is 0 Å². The van der Waals surface area contributed by atoms with E-state index in [2.05, 4.69) is 45.3 Å². The van der Waals surface area contributed by atoms with E-state index in [0.717, 1.165) is 59.7 Å². The molecule has 9 nitrogen and oxygen atoms in total. The lowest BCUT2D eigenvalue weighted by molar-refractivity contribution is 0.371. The number of piperazine rings is 1. The van der Waals surface area contributed by atoms with Gasteiger partial charge in [-0.2, -0.15) is 4.31 Å². The van der Waals surface area contributed by atoms with E-state index in [4.69, 9.17) is 9.97 Å². The van der Waals surface area contributed by atoms with Crippen molar-refractivity contribution in [1.29, 1.82) is 0 Å². The zero-order valence-corrected chi connectivity index (χ0v) is 22.4. The van der Waals surface area contributed by atoms with Gasteiger partial charge in [0.25, 0.3) is 0 Å². The summed E-state index contributed by atoms with van der Waals surface area (Å²) in [6, 6.07) is 10.7. The standard InChI is InChI=1S/C28H31N7O2S/c1-17-11-19(7-8-26(17)34-15-21-13-20(34)16-35(21)38(2,36)37)31-28-29-10-9-24(33-28)18-12-23-22-5-3-4-6-25(22)32-27(23)30-14-18/h7-12,14,20-21H,3-6,13,15-16H2,1-2H3,(H,30,32)(H,29,31,33). The summed E-state index contributed by atoms with van der Waals surface area (Å²) in [5, 5.41) is 4.56. The van der Waals surface area contributed by atoms with Gasteiger partial charge in [-0.1, -0.05) is 0 Å². The molecule has 7 rings (SSSR count). The van der Waals surface area contributed by atoms with Crippen molar-refractivity contribution >= 4 is 38.4 Å². The number of aromatic nitrogens is 4. The van der Waals surface area contributed by atoms with E-state index in [0.29, 0.717) is 12.5 Å². The predicted octanol–water partition coefficient (Wildman–Crippen LogP) is 4.17. The maximum Gasteiger partial charge on any atom is 0.227 e. The molecule has 0 saturated carbocycles. The highest BCUT2D eigenvalue weighted by molar-refractivity contribution is 7.88. The molecule has 1 aliphatic carbocycles. The average molecular weight is 530 g/mol. The maximum atomic E-state index is 12.1. The Morgan fingerprint density at radius 1 is 1.05 bits per heavy atom. The monoisotopic (exact) mass is 529 g/mol. The van der Waals surface area contributed by atoms with Gasteiger partial charge in [-0.25, -0.2) is 23.4 Å². The largest absolute Gasteiger partial charge is 0.365 e. The molecule has 2 fully saturated rings. The van der Waals surface area contributed by atoms with Crippen LogP contribution in [0.3, 0.4) is 0 Å². The summed E-state index contributed by atoms with van der Waals surface area (Å²) in [6.45, 7) is 3.39. The van der Waals surface area contributed by atoms with E-state index >= 15 is 0 Å². The molecule has 3 aromatic heterocycles. The summed E-state index contributed by atoms with van der Waals surface area (Å²) in [4.78, 5) is 19.8. The van der Waals surface area contributed by atoms with E-state index in [9.17, 15) is 8.42 Å². The second kappa shape index (κ2) is 8.78. The van der Waals surface area contributed by atoms with Crippen LogP contribution < -0.4 is 10.2 Å². The molecule has 2 saturated heterocycles. The number of benzene rings is 1. The molecule has 10 heteroatoms. The molecule has 38 heavy (non-hydrogen) atoms. The second-order valence-electron chi connectivity index (χ2n) is 10.8. The molecule has 2 atom stereocenters. The zero-order chi connectivity index (χ0) is 26.0. The molecule has 2 unspecified atom stereocenters. The number of hydrogen-bond acceptors (Lipinski definition) is 7. The van der Waals surface area contributed by atoms with E-state index in [1.54, 1.807) is 10.5 Å². The van der Waals surface area contributed by atoms with E-state index in [1.807, 2.05) is 18.3 Å². The highest BCUT2D eigenvalue weighted by Crippen LogP contribution is 2.38. The molecule has 0 spiro atoms. The van der Waals surface area contributed by atoms with E-state index < -0.39 is 10.0 Å². The summed E-state index contributed by atoms with van der Waals surface area (Å²) in [5.74, 6) is 0.537. The predicted molar refractivity (Wildman–Crippen MR) is 149 cm³/mol. The number of aromatic amines is 1. The van der Waals surface area contributed by atoms with Gasteiger partial charge in [-0.15, -0.1) is 0 Å². The molecule has 1 aromatic carbocycles. The zero-order valence-electron chi connectivity index (χ0n) is 21.6. The minimum atomic E-state index is -3.15. The number of aryl methyl sites for hydroxylation is 3. The first-order valence-corrected chi connectivity index (χ1v) is 15.1. The molecular formula is C28H31N7O2S. The molecule has 2 aliphatic heterocycles. The van der Waals surface area contributed by atoms with Crippen molar-refractivity contribution in [2.24, 2.45) is 0 Å². The topological polar surface area (TPSA) is 107 Å². The Bertz CT molecular complexity index is 1670. The molecule has 0 amide bonds. The Kier molecular flexibility index (Phi) is 5.45. The van der Waals surface area contributed by atoms with Gasteiger partial charge >= 0.3 is 0 Å². The first kappa shape index (κ1) is 23.6. The smallest absolute Gasteiger partial charge is 0.227 e. The van der Waals surface area contributed by atoms with Gasteiger partial charge in [0.2, 0.25) is 16.0 Å². The second-order valence-corrected chi connectivity index (χ2v) is 12.8. The van der Waals surface area contributed by atoms with Crippen molar-refractivity contribution < 1.29 is 8.42 Å². The molecular weight excluding hydrogens is 498 g/mol. The van der Waals surface area contributed by atoms with Crippen LogP contribution in [0.4, 0.5) is 17.3 Å². The van der Waals surface area contributed by atoms with Gasteiger partial charge < -0.3 is 15.2 Å². The highest BCUT2D eigenvalue weighted by atomic mass is 32.2. The quantitative estimate of drug-likeness (QED) is 0.400. The fraction of sp³-hybridized carbons (Fsp3) is 0.393. The van der Waals surface area contributed by atoms with Crippen LogP contribution in [0.15, 0.2) is 42.7 Å². The number of H-pyrrole nitrogens is 1. The van der Waals surface area contributed by atoms with E-state index in [1.165, 1.54) is 35.7 Å². The van der Waals surface area contributed by atoms with Gasteiger partial charge in [0.15, 0.2) is 0 Å². The maximum absolute atomic E-state index is 12.1. The highest BCUT2D eigenvalue weighted by Gasteiger charge is 2.47. The molecule has 5 heterocycles. The van der Waals surface area contributed by atoms with Crippen LogP contribution in [0.5, 0.6) is 0 Å². The number of hydrogen-bond donors (Lipinski definition) is 2. The van der Waals surface area contributed by atoms with Crippen LogP contribution in [0.1, 0.15) is 36.1 Å². The number of nitrogens with zero attached hydrogens (tertiary/aromatic N) is 5. The third-order valence-corrected chi connectivity index (χ3v) is 9.58. The number of pyridine rings is 1. The fourth-order valence-electron chi connectivity index (χ4n) is 6.51. The lowest BCUT2D eigenvalue weighted by Crippen LogP contribution is -2.48. The molecule has 2 N–H and O–H groups in total. The van der Waals surface area contributed by atoms with Crippen LogP contribution in [0.25, 0.3) is 22.3 Å². The lowest BCUT2D eigenvalue weighted by Gasteiger charge is -2.35. The molecule has 2 bridgehead atoms. The Balaban J connectivity index is 1.10. The first-order chi connectivity index (χ1) is 18.3. The van der Waals surface area contributed by atoms with Gasteiger partial charge in [-0.05, 0) is 80.5 Å². The molecule has 196 valence electrons. The van der Waals surface area contributed by atoms with Crippen LogP contribution in [0, 0.1) is 6.92 Å². The normalized spacial score (nSPS) is 21.3. The Morgan fingerprint density at radius 3 is 2.71 bits per heavy atom. The van der Waals surface area contributed by atoms with Gasteiger partial charge in [0.1, 0.15) is 5.65 Å². The molecule has 4 aromatic rings. The van der Waals surface area contributed by atoms with Crippen LogP contribution in [-0.2, 0) is 22.9 Å². The van der Waals surface area contributed by atoms with Gasteiger partial charge in [0.05, 0.1) is 11.9 Å². The van der Waals surface area contributed by atoms with Crippen molar-refractivity contribution in [3.63, 3.8) is 0 Å². The van der Waals surface area contributed by atoms with E-state index in [-0.39, 0.29) is 12.1 Å². The SMILES string of the molecule is Cc1cc(Nc2nccc(-c3cnc4[nH]c5c(c4c3)CCCC5)n2)ccc1N1CC2CC1CN2S(C)(=O)=O. The summed E-state index contributed by atoms with van der Waals surface area (Å²) < 4.78 is 25.8.